The molecule has 0 spiro atoms. The van der Waals surface area contributed by atoms with E-state index in [1.165, 1.54) is 0 Å². The first-order valence-corrected chi connectivity index (χ1v) is 8.43. The Balaban J connectivity index is 1.90. The van der Waals surface area contributed by atoms with Gasteiger partial charge in [-0.25, -0.2) is 4.79 Å². The number of amides is 1. The number of aromatic nitrogens is 1. The predicted molar refractivity (Wildman–Crippen MR) is 94.9 cm³/mol. The van der Waals surface area contributed by atoms with Crippen molar-refractivity contribution in [3.63, 3.8) is 0 Å². The Morgan fingerprint density at radius 1 is 1.23 bits per heavy atom. The van der Waals surface area contributed by atoms with Crippen molar-refractivity contribution in [3.8, 4) is 5.75 Å². The van der Waals surface area contributed by atoms with Crippen molar-refractivity contribution in [1.82, 2.24) is 10.5 Å². The lowest BCUT2D eigenvalue weighted by molar-refractivity contribution is -0.143. The summed E-state index contributed by atoms with van der Waals surface area (Å²) in [5.74, 6) is -0.142. The van der Waals surface area contributed by atoms with E-state index in [2.05, 4.69) is 10.5 Å². The molecule has 1 atom stereocenters. The average molecular weight is 360 g/mol. The van der Waals surface area contributed by atoms with Crippen LogP contribution in [0.4, 0.5) is 0 Å². The molecule has 2 N–H and O–H groups in total. The van der Waals surface area contributed by atoms with Gasteiger partial charge in [-0.15, -0.1) is 0 Å². The Hall–Kier alpha value is -2.83. The lowest BCUT2D eigenvalue weighted by Crippen LogP contribution is -2.44. The molecule has 26 heavy (non-hydrogen) atoms. The molecule has 2 aromatic rings. The Kier molecular flexibility index (Phi) is 6.38. The Morgan fingerprint density at radius 2 is 1.88 bits per heavy atom. The molecule has 0 saturated carbocycles. The lowest BCUT2D eigenvalue weighted by atomic mass is 10.0. The first kappa shape index (κ1) is 19.5. The second-order valence-electron chi connectivity index (χ2n) is 6.54. The molecule has 0 saturated heterocycles. The standard InChI is InChI=1S/C19H24N2O5/c1-11(2)18(19(23)24)20-17(22)9-14-5-7-15(8-6-14)25-10-16-12(3)21-26-13(16)4/h5-8,11,18H,9-10H2,1-4H3,(H,20,22)(H,23,24)/t18-/m0/s1. The minimum atomic E-state index is -1.03. The number of aryl methyl sites for hydroxylation is 2. The van der Waals surface area contributed by atoms with Crippen LogP contribution in [-0.2, 0) is 22.6 Å². The third-order valence-corrected chi connectivity index (χ3v) is 4.10. The largest absolute Gasteiger partial charge is 0.489 e. The number of carbonyl (C=O) groups is 2. The van der Waals surface area contributed by atoms with Crippen LogP contribution in [0.1, 0.15) is 36.4 Å². The summed E-state index contributed by atoms with van der Waals surface area (Å²) in [5.41, 5.74) is 2.50. The van der Waals surface area contributed by atoms with Crippen molar-refractivity contribution in [1.29, 1.82) is 0 Å². The minimum absolute atomic E-state index is 0.112. The zero-order valence-electron chi connectivity index (χ0n) is 15.4. The highest BCUT2D eigenvalue weighted by atomic mass is 16.5. The van der Waals surface area contributed by atoms with Crippen molar-refractivity contribution in [3.05, 3.63) is 46.8 Å². The summed E-state index contributed by atoms with van der Waals surface area (Å²) in [4.78, 5) is 23.2. The molecular weight excluding hydrogens is 336 g/mol. The molecule has 1 aromatic carbocycles. The van der Waals surface area contributed by atoms with Crippen molar-refractivity contribution < 1.29 is 24.0 Å². The third kappa shape index (κ3) is 5.08. The number of ether oxygens (including phenoxy) is 1. The van der Waals surface area contributed by atoms with E-state index < -0.39 is 12.0 Å². The molecule has 1 amide bonds. The van der Waals surface area contributed by atoms with E-state index in [1.54, 1.807) is 38.1 Å². The van der Waals surface area contributed by atoms with Crippen molar-refractivity contribution in [2.45, 2.75) is 46.8 Å². The highest BCUT2D eigenvalue weighted by Crippen LogP contribution is 2.18. The van der Waals surface area contributed by atoms with Gasteiger partial charge in [-0.05, 0) is 37.5 Å². The van der Waals surface area contributed by atoms with Crippen LogP contribution in [-0.4, -0.2) is 28.2 Å². The molecule has 0 aliphatic carbocycles. The minimum Gasteiger partial charge on any atom is -0.489 e. The fourth-order valence-electron chi connectivity index (χ4n) is 2.49. The number of nitrogens with one attached hydrogen (secondary N) is 1. The highest BCUT2D eigenvalue weighted by Gasteiger charge is 2.23. The summed E-state index contributed by atoms with van der Waals surface area (Å²) < 4.78 is 10.8. The van der Waals surface area contributed by atoms with Gasteiger partial charge in [0.15, 0.2) is 0 Å². The van der Waals surface area contributed by atoms with E-state index >= 15 is 0 Å². The third-order valence-electron chi connectivity index (χ3n) is 4.10. The number of hydrogen-bond acceptors (Lipinski definition) is 5. The van der Waals surface area contributed by atoms with Gasteiger partial charge in [-0.3, -0.25) is 4.79 Å². The van der Waals surface area contributed by atoms with Gasteiger partial charge in [0.25, 0.3) is 0 Å². The molecule has 0 radical (unpaired) electrons. The molecule has 2 rings (SSSR count). The predicted octanol–water partition coefficient (Wildman–Crippen LogP) is 2.64. The van der Waals surface area contributed by atoms with Gasteiger partial charge in [0.2, 0.25) is 5.91 Å². The van der Waals surface area contributed by atoms with Crippen LogP contribution >= 0.6 is 0 Å². The quantitative estimate of drug-likeness (QED) is 0.750. The molecule has 0 fully saturated rings. The molecule has 140 valence electrons. The fraction of sp³-hybridized carbons (Fsp3) is 0.421. The van der Waals surface area contributed by atoms with E-state index in [1.807, 2.05) is 13.8 Å². The molecule has 1 heterocycles. The SMILES string of the molecule is Cc1noc(C)c1COc1ccc(CC(=O)N[C@H](C(=O)O)C(C)C)cc1. The maximum absolute atomic E-state index is 12.0. The molecule has 7 heteroatoms. The van der Waals surface area contributed by atoms with Gasteiger partial charge in [-0.1, -0.05) is 31.1 Å². The maximum atomic E-state index is 12.0. The molecule has 1 aromatic heterocycles. The molecule has 0 unspecified atom stereocenters. The van der Waals surface area contributed by atoms with E-state index in [9.17, 15) is 9.59 Å². The zero-order valence-corrected chi connectivity index (χ0v) is 15.4. The Labute approximate surface area is 152 Å². The van der Waals surface area contributed by atoms with Crippen LogP contribution in [0, 0.1) is 19.8 Å². The number of carboxylic acids is 1. The van der Waals surface area contributed by atoms with E-state index in [0.717, 1.165) is 22.6 Å². The van der Waals surface area contributed by atoms with E-state index in [-0.39, 0.29) is 18.2 Å². The van der Waals surface area contributed by atoms with Crippen LogP contribution in [0.5, 0.6) is 5.75 Å². The highest BCUT2D eigenvalue weighted by molar-refractivity contribution is 5.85. The number of carbonyl (C=O) groups excluding carboxylic acids is 1. The smallest absolute Gasteiger partial charge is 0.326 e. The van der Waals surface area contributed by atoms with Crippen molar-refractivity contribution >= 4 is 11.9 Å². The summed E-state index contributed by atoms with van der Waals surface area (Å²) in [6, 6.07) is 6.23. The summed E-state index contributed by atoms with van der Waals surface area (Å²) in [5, 5.41) is 15.6. The van der Waals surface area contributed by atoms with Crippen LogP contribution in [0.2, 0.25) is 0 Å². The number of aliphatic carboxylic acids is 1. The van der Waals surface area contributed by atoms with Crippen LogP contribution < -0.4 is 10.1 Å². The number of nitrogens with zero attached hydrogens (tertiary/aromatic N) is 1. The maximum Gasteiger partial charge on any atom is 0.326 e. The topological polar surface area (TPSA) is 102 Å². The van der Waals surface area contributed by atoms with Gasteiger partial charge in [0, 0.05) is 0 Å². The van der Waals surface area contributed by atoms with Crippen molar-refractivity contribution in [2.24, 2.45) is 5.92 Å². The Bertz CT molecular complexity index is 745. The van der Waals surface area contributed by atoms with Gasteiger partial charge < -0.3 is 19.7 Å². The van der Waals surface area contributed by atoms with Crippen molar-refractivity contribution in [2.75, 3.05) is 0 Å². The number of benzene rings is 1. The zero-order chi connectivity index (χ0) is 19.3. The molecule has 7 nitrogen and oxygen atoms in total. The first-order chi connectivity index (χ1) is 12.3. The van der Waals surface area contributed by atoms with Crippen LogP contribution in [0.25, 0.3) is 0 Å². The summed E-state index contributed by atoms with van der Waals surface area (Å²) in [7, 11) is 0. The number of rotatable bonds is 8. The summed E-state index contributed by atoms with van der Waals surface area (Å²) >= 11 is 0. The average Bonchev–Trinajstić information content (AvgIpc) is 2.90. The van der Waals surface area contributed by atoms with E-state index in [0.29, 0.717) is 12.4 Å². The van der Waals surface area contributed by atoms with Gasteiger partial charge in [0.1, 0.15) is 24.2 Å². The number of carboxylic acid groups (broad SMARTS) is 1. The van der Waals surface area contributed by atoms with Crippen LogP contribution in [0.3, 0.4) is 0 Å². The second-order valence-corrected chi connectivity index (χ2v) is 6.54. The molecular formula is C19H24N2O5. The van der Waals surface area contributed by atoms with Crippen LogP contribution in [0.15, 0.2) is 28.8 Å². The number of hydrogen-bond donors (Lipinski definition) is 2. The fourth-order valence-corrected chi connectivity index (χ4v) is 2.49. The lowest BCUT2D eigenvalue weighted by Gasteiger charge is -2.17. The van der Waals surface area contributed by atoms with E-state index in [4.69, 9.17) is 14.4 Å². The normalized spacial score (nSPS) is 12.0. The Morgan fingerprint density at radius 3 is 2.38 bits per heavy atom. The molecule has 0 aliphatic rings. The second kappa shape index (κ2) is 8.51. The first-order valence-electron chi connectivity index (χ1n) is 8.43. The molecule has 0 bridgehead atoms. The summed E-state index contributed by atoms with van der Waals surface area (Å²) in [6.45, 7) is 7.56. The van der Waals surface area contributed by atoms with Gasteiger partial charge in [0.05, 0.1) is 17.7 Å². The summed E-state index contributed by atoms with van der Waals surface area (Å²) in [6.07, 6.45) is 0.112. The molecule has 0 aliphatic heterocycles. The monoisotopic (exact) mass is 360 g/mol. The van der Waals surface area contributed by atoms with Gasteiger partial charge in [-0.2, -0.15) is 0 Å². The van der Waals surface area contributed by atoms with Gasteiger partial charge >= 0.3 is 5.97 Å².